The molecule has 2 atom stereocenters. The molecule has 2 rings (SSSR count). The van der Waals surface area contributed by atoms with Crippen LogP contribution < -0.4 is 0 Å². The monoisotopic (exact) mass is 188 g/mol. The smallest absolute Gasteiger partial charge is 0.315 e. The summed E-state index contributed by atoms with van der Waals surface area (Å²) < 4.78 is 10.3. The number of rotatable bonds is 1. The van der Waals surface area contributed by atoms with Crippen LogP contribution in [0.5, 0.6) is 0 Å². The van der Waals surface area contributed by atoms with E-state index >= 15 is 0 Å². The van der Waals surface area contributed by atoms with E-state index in [1.54, 1.807) is 11.8 Å². The zero-order valence-electron chi connectivity index (χ0n) is 7.04. The van der Waals surface area contributed by atoms with Gasteiger partial charge in [-0.3, -0.25) is 4.79 Å². The number of fused-ring (bicyclic) bond motifs is 1. The SMILES string of the molecule is COC(=O)C12CCOC1CSC2. The molecule has 0 spiro atoms. The maximum absolute atomic E-state index is 11.5. The van der Waals surface area contributed by atoms with E-state index in [1.165, 1.54) is 7.11 Å². The zero-order valence-corrected chi connectivity index (χ0v) is 7.86. The first-order valence-electron chi connectivity index (χ1n) is 4.07. The van der Waals surface area contributed by atoms with Crippen molar-refractivity contribution in [3.8, 4) is 0 Å². The minimum atomic E-state index is -0.306. The van der Waals surface area contributed by atoms with Crippen LogP contribution in [0.1, 0.15) is 6.42 Å². The lowest BCUT2D eigenvalue weighted by Crippen LogP contribution is -2.38. The van der Waals surface area contributed by atoms with Gasteiger partial charge in [-0.2, -0.15) is 11.8 Å². The van der Waals surface area contributed by atoms with Crippen LogP contribution >= 0.6 is 11.8 Å². The molecule has 2 heterocycles. The van der Waals surface area contributed by atoms with Gasteiger partial charge in [0, 0.05) is 18.1 Å². The van der Waals surface area contributed by atoms with Crippen molar-refractivity contribution in [1.82, 2.24) is 0 Å². The van der Waals surface area contributed by atoms with Crippen LogP contribution in [0.25, 0.3) is 0 Å². The summed E-state index contributed by atoms with van der Waals surface area (Å²) in [5.41, 5.74) is -0.306. The van der Waals surface area contributed by atoms with Crippen LogP contribution in [0.3, 0.4) is 0 Å². The Labute approximate surface area is 75.8 Å². The van der Waals surface area contributed by atoms with Crippen LogP contribution in [0.2, 0.25) is 0 Å². The molecule has 0 saturated carbocycles. The molecule has 0 amide bonds. The maximum atomic E-state index is 11.5. The molecule has 2 unspecified atom stereocenters. The number of esters is 1. The second-order valence-corrected chi connectivity index (χ2v) is 4.30. The predicted octanol–water partition coefficient (Wildman–Crippen LogP) is 0.681. The van der Waals surface area contributed by atoms with Crippen LogP contribution in [-0.2, 0) is 14.3 Å². The molecule has 68 valence electrons. The third-order valence-electron chi connectivity index (χ3n) is 2.70. The Morgan fingerprint density at radius 3 is 3.33 bits per heavy atom. The number of thioether (sulfide) groups is 1. The standard InChI is InChI=1S/C8H12O3S/c1-10-7(9)8-2-3-11-6(8)4-12-5-8/h6H,2-5H2,1H3. The first kappa shape index (κ1) is 8.38. The van der Waals surface area contributed by atoms with Gasteiger partial charge in [0.05, 0.1) is 13.2 Å². The summed E-state index contributed by atoms with van der Waals surface area (Å²) in [7, 11) is 1.45. The highest BCUT2D eigenvalue weighted by atomic mass is 32.2. The van der Waals surface area contributed by atoms with E-state index in [9.17, 15) is 4.79 Å². The number of hydrogen-bond donors (Lipinski definition) is 0. The Bertz CT molecular complexity index is 194. The molecule has 3 nitrogen and oxygen atoms in total. The molecule has 2 aliphatic heterocycles. The molecule has 2 saturated heterocycles. The van der Waals surface area contributed by atoms with Gasteiger partial charge in [-0.1, -0.05) is 0 Å². The van der Waals surface area contributed by atoms with Gasteiger partial charge in [-0.05, 0) is 6.42 Å². The van der Waals surface area contributed by atoms with Crippen molar-refractivity contribution < 1.29 is 14.3 Å². The van der Waals surface area contributed by atoms with Crippen LogP contribution in [0, 0.1) is 5.41 Å². The molecule has 0 aromatic carbocycles. The van der Waals surface area contributed by atoms with Crippen LogP contribution in [-0.4, -0.2) is 37.3 Å². The van der Waals surface area contributed by atoms with Gasteiger partial charge in [0.15, 0.2) is 0 Å². The fourth-order valence-corrected chi connectivity index (χ4v) is 3.48. The quantitative estimate of drug-likeness (QED) is 0.567. The van der Waals surface area contributed by atoms with Gasteiger partial charge >= 0.3 is 5.97 Å². The Hall–Kier alpha value is -0.220. The molecule has 0 radical (unpaired) electrons. The number of hydrogen-bond acceptors (Lipinski definition) is 4. The van der Waals surface area contributed by atoms with Crippen molar-refractivity contribution in [3.63, 3.8) is 0 Å². The molecule has 2 fully saturated rings. The van der Waals surface area contributed by atoms with Crippen molar-refractivity contribution in [2.45, 2.75) is 12.5 Å². The van der Waals surface area contributed by atoms with Crippen LogP contribution in [0.15, 0.2) is 0 Å². The topological polar surface area (TPSA) is 35.5 Å². The van der Waals surface area contributed by atoms with E-state index in [-0.39, 0.29) is 17.5 Å². The Morgan fingerprint density at radius 1 is 1.75 bits per heavy atom. The van der Waals surface area contributed by atoms with Gasteiger partial charge in [0.1, 0.15) is 5.41 Å². The minimum absolute atomic E-state index is 0.0880. The van der Waals surface area contributed by atoms with Crippen molar-refractivity contribution in [3.05, 3.63) is 0 Å². The van der Waals surface area contributed by atoms with Gasteiger partial charge in [-0.25, -0.2) is 0 Å². The van der Waals surface area contributed by atoms with Crippen molar-refractivity contribution >= 4 is 17.7 Å². The normalized spacial score (nSPS) is 39.6. The zero-order chi connectivity index (χ0) is 8.60. The van der Waals surface area contributed by atoms with Gasteiger partial charge in [-0.15, -0.1) is 0 Å². The third-order valence-corrected chi connectivity index (χ3v) is 3.96. The summed E-state index contributed by atoms with van der Waals surface area (Å²) in [6.07, 6.45) is 0.937. The summed E-state index contributed by atoms with van der Waals surface area (Å²) in [5.74, 6) is 1.72. The number of methoxy groups -OCH3 is 1. The fraction of sp³-hybridized carbons (Fsp3) is 0.875. The Kier molecular flexibility index (Phi) is 2.04. The first-order chi connectivity index (χ1) is 5.79. The average Bonchev–Trinajstić information content (AvgIpc) is 2.60. The second-order valence-electron chi connectivity index (χ2n) is 3.27. The molecule has 0 bridgehead atoms. The average molecular weight is 188 g/mol. The number of ether oxygens (including phenoxy) is 2. The minimum Gasteiger partial charge on any atom is -0.468 e. The highest BCUT2D eigenvalue weighted by molar-refractivity contribution is 7.99. The third kappa shape index (κ3) is 0.977. The lowest BCUT2D eigenvalue weighted by Gasteiger charge is -2.22. The summed E-state index contributed by atoms with van der Waals surface area (Å²) in [5, 5.41) is 0. The molecule has 0 aromatic rings. The predicted molar refractivity (Wildman–Crippen MR) is 46.1 cm³/mol. The van der Waals surface area contributed by atoms with Crippen molar-refractivity contribution in [1.29, 1.82) is 0 Å². The molecule has 0 aliphatic carbocycles. The highest BCUT2D eigenvalue weighted by Gasteiger charge is 2.54. The second kappa shape index (κ2) is 2.92. The Balaban J connectivity index is 2.21. The summed E-state index contributed by atoms with van der Waals surface area (Å²) >= 11 is 1.78. The number of carbonyl (C=O) groups is 1. The fourth-order valence-electron chi connectivity index (χ4n) is 1.92. The van der Waals surface area contributed by atoms with E-state index in [4.69, 9.17) is 9.47 Å². The van der Waals surface area contributed by atoms with E-state index in [0.29, 0.717) is 6.61 Å². The van der Waals surface area contributed by atoms with E-state index in [0.717, 1.165) is 17.9 Å². The summed E-state index contributed by atoms with van der Waals surface area (Å²) in [4.78, 5) is 11.5. The van der Waals surface area contributed by atoms with Gasteiger partial charge in [0.2, 0.25) is 0 Å². The molecule has 0 aromatic heterocycles. The molecular weight excluding hydrogens is 176 g/mol. The van der Waals surface area contributed by atoms with E-state index in [2.05, 4.69) is 0 Å². The highest BCUT2D eigenvalue weighted by Crippen LogP contribution is 2.45. The maximum Gasteiger partial charge on any atom is 0.315 e. The van der Waals surface area contributed by atoms with E-state index in [1.807, 2.05) is 0 Å². The summed E-state index contributed by atoms with van der Waals surface area (Å²) in [6, 6.07) is 0. The van der Waals surface area contributed by atoms with Gasteiger partial charge in [0.25, 0.3) is 0 Å². The first-order valence-corrected chi connectivity index (χ1v) is 5.23. The molecule has 2 aliphatic rings. The summed E-state index contributed by atoms with van der Waals surface area (Å²) in [6.45, 7) is 0.709. The Morgan fingerprint density at radius 2 is 2.58 bits per heavy atom. The lowest BCUT2D eigenvalue weighted by molar-refractivity contribution is -0.153. The lowest BCUT2D eigenvalue weighted by atomic mass is 9.84. The molecule has 4 heteroatoms. The van der Waals surface area contributed by atoms with Gasteiger partial charge < -0.3 is 9.47 Å². The molecule has 0 N–H and O–H groups in total. The molecule has 12 heavy (non-hydrogen) atoms. The van der Waals surface area contributed by atoms with E-state index < -0.39 is 0 Å². The number of carbonyl (C=O) groups excluding carboxylic acids is 1. The van der Waals surface area contributed by atoms with Crippen molar-refractivity contribution in [2.75, 3.05) is 25.2 Å². The van der Waals surface area contributed by atoms with Crippen molar-refractivity contribution in [2.24, 2.45) is 5.41 Å². The van der Waals surface area contributed by atoms with Crippen LogP contribution in [0.4, 0.5) is 0 Å². The largest absolute Gasteiger partial charge is 0.468 e. The molecular formula is C8H12O3S.